The maximum Gasteiger partial charge on any atom is 0.196 e. The number of rotatable bonds is 6. The molecule has 0 N–H and O–H groups in total. The van der Waals surface area contributed by atoms with E-state index in [0.29, 0.717) is 17.1 Å². The van der Waals surface area contributed by atoms with Crippen LogP contribution < -0.4 is 0 Å². The molecular formula is C50H33N5. The highest BCUT2D eigenvalue weighted by atomic mass is 14.9. The molecule has 1 aliphatic carbocycles. The van der Waals surface area contributed by atoms with Gasteiger partial charge in [0.1, 0.15) is 0 Å². The van der Waals surface area contributed by atoms with Crippen molar-refractivity contribution in [1.82, 2.24) is 15.0 Å². The Bertz CT molecular complexity index is 2830. The second-order valence-electron chi connectivity index (χ2n) is 14.3. The van der Waals surface area contributed by atoms with E-state index in [1.54, 1.807) is 6.07 Å². The van der Waals surface area contributed by atoms with E-state index in [1.807, 2.05) is 66.9 Å². The molecule has 5 heteroatoms. The van der Waals surface area contributed by atoms with Gasteiger partial charge in [0, 0.05) is 39.4 Å². The molecule has 9 rings (SSSR count). The average molecular weight is 704 g/mol. The summed E-state index contributed by atoms with van der Waals surface area (Å²) in [6, 6.07) is 56.0. The minimum atomic E-state index is -0.406. The topological polar surface area (TPSA) is 66.8 Å². The van der Waals surface area contributed by atoms with Crippen LogP contribution in [0.4, 0.5) is 5.69 Å². The van der Waals surface area contributed by atoms with Gasteiger partial charge in [-0.05, 0) is 99.1 Å². The highest BCUT2D eigenvalue weighted by molar-refractivity contribution is 5.93. The predicted molar refractivity (Wildman–Crippen MR) is 221 cm³/mol. The van der Waals surface area contributed by atoms with E-state index in [1.165, 1.54) is 5.56 Å². The first kappa shape index (κ1) is 33.4. The van der Waals surface area contributed by atoms with Crippen molar-refractivity contribution < 1.29 is 0 Å². The van der Waals surface area contributed by atoms with Crippen LogP contribution in [-0.4, -0.2) is 15.0 Å². The summed E-state index contributed by atoms with van der Waals surface area (Å²) in [7, 11) is 0. The fraction of sp³-hybridized carbons (Fsp3) is 0.0600. The van der Waals surface area contributed by atoms with Crippen LogP contribution in [0.1, 0.15) is 30.5 Å². The minimum Gasteiger partial charge on any atom is -0.256 e. The summed E-state index contributed by atoms with van der Waals surface area (Å²) in [5.41, 5.74) is 15.4. The van der Waals surface area contributed by atoms with Gasteiger partial charge in [0.15, 0.2) is 11.5 Å². The molecule has 0 aliphatic heterocycles. The number of hydrogen-bond acceptors (Lipinski definition) is 4. The standard InChI is InChI=1S/C50H33N5/c1-50(2)42-29-37(21-22-41(42)48-43(50)24-32(31-51)25-47(48)52-3)38-26-39(44-16-10-11-23-53-44)28-40(27-38)46-30-45(54-49(55-46)36-14-8-5-9-15-36)35-19-17-34(18-20-35)33-12-6-4-7-13-33/h4-30H,1-2H3. The fourth-order valence-electron chi connectivity index (χ4n) is 7.71. The van der Waals surface area contributed by atoms with E-state index >= 15 is 0 Å². The lowest BCUT2D eigenvalue weighted by Crippen LogP contribution is -2.15. The third-order valence-electron chi connectivity index (χ3n) is 10.6. The molecule has 2 heterocycles. The Morgan fingerprint density at radius 3 is 1.80 bits per heavy atom. The van der Waals surface area contributed by atoms with Crippen molar-refractivity contribution in [3.8, 4) is 84.6 Å². The van der Waals surface area contributed by atoms with Crippen molar-refractivity contribution in [2.45, 2.75) is 19.3 Å². The van der Waals surface area contributed by atoms with Crippen molar-refractivity contribution in [2.24, 2.45) is 0 Å². The molecule has 0 saturated heterocycles. The molecule has 0 bridgehead atoms. The predicted octanol–water partition coefficient (Wildman–Crippen LogP) is 12.6. The van der Waals surface area contributed by atoms with Gasteiger partial charge in [0.05, 0.1) is 29.7 Å². The number of nitrogens with zero attached hydrogens (tertiary/aromatic N) is 5. The highest BCUT2D eigenvalue weighted by Crippen LogP contribution is 2.53. The number of aromatic nitrogens is 3. The Hall–Kier alpha value is -7.47. The number of hydrogen-bond donors (Lipinski definition) is 0. The zero-order chi connectivity index (χ0) is 37.5. The Morgan fingerprint density at radius 1 is 0.527 bits per heavy atom. The maximum atomic E-state index is 9.76. The van der Waals surface area contributed by atoms with E-state index in [4.69, 9.17) is 21.5 Å². The van der Waals surface area contributed by atoms with Crippen LogP contribution in [0.25, 0.3) is 83.4 Å². The van der Waals surface area contributed by atoms with E-state index in [2.05, 4.69) is 116 Å². The van der Waals surface area contributed by atoms with E-state index in [0.717, 1.165) is 78.3 Å². The van der Waals surface area contributed by atoms with Crippen molar-refractivity contribution in [3.63, 3.8) is 0 Å². The van der Waals surface area contributed by atoms with Gasteiger partial charge in [-0.25, -0.2) is 14.8 Å². The zero-order valence-corrected chi connectivity index (χ0v) is 30.3. The van der Waals surface area contributed by atoms with Crippen LogP contribution >= 0.6 is 0 Å². The fourth-order valence-corrected chi connectivity index (χ4v) is 7.71. The molecule has 2 aromatic heterocycles. The van der Waals surface area contributed by atoms with Gasteiger partial charge in [-0.2, -0.15) is 5.26 Å². The monoisotopic (exact) mass is 703 g/mol. The first-order chi connectivity index (χ1) is 26.9. The van der Waals surface area contributed by atoms with E-state index in [-0.39, 0.29) is 0 Å². The summed E-state index contributed by atoms with van der Waals surface area (Å²) in [6.07, 6.45) is 1.82. The van der Waals surface area contributed by atoms with Crippen molar-refractivity contribution >= 4 is 5.69 Å². The molecule has 1 aliphatic rings. The normalized spacial score (nSPS) is 12.3. The lowest BCUT2D eigenvalue weighted by molar-refractivity contribution is 0.660. The summed E-state index contributed by atoms with van der Waals surface area (Å²) in [4.78, 5) is 18.9. The summed E-state index contributed by atoms with van der Waals surface area (Å²) in [5.74, 6) is 0.648. The molecule has 0 radical (unpaired) electrons. The second kappa shape index (κ2) is 13.5. The Kier molecular flexibility index (Phi) is 8.19. The van der Waals surface area contributed by atoms with E-state index in [9.17, 15) is 5.26 Å². The Labute approximate surface area is 320 Å². The summed E-state index contributed by atoms with van der Waals surface area (Å²) >= 11 is 0. The van der Waals surface area contributed by atoms with Gasteiger partial charge in [0.25, 0.3) is 0 Å². The molecule has 258 valence electrons. The number of nitriles is 1. The summed E-state index contributed by atoms with van der Waals surface area (Å²) < 4.78 is 0. The van der Waals surface area contributed by atoms with Gasteiger partial charge in [-0.3, -0.25) is 4.98 Å². The average Bonchev–Trinajstić information content (AvgIpc) is 3.49. The summed E-state index contributed by atoms with van der Waals surface area (Å²) in [6.45, 7) is 12.3. The lowest BCUT2D eigenvalue weighted by Gasteiger charge is -2.22. The van der Waals surface area contributed by atoms with Crippen LogP contribution in [0, 0.1) is 17.9 Å². The van der Waals surface area contributed by atoms with Crippen LogP contribution in [0.3, 0.4) is 0 Å². The van der Waals surface area contributed by atoms with Gasteiger partial charge < -0.3 is 0 Å². The van der Waals surface area contributed by atoms with E-state index < -0.39 is 5.41 Å². The molecule has 5 nitrogen and oxygen atoms in total. The molecule has 55 heavy (non-hydrogen) atoms. The molecule has 0 fully saturated rings. The van der Waals surface area contributed by atoms with Crippen LogP contribution in [-0.2, 0) is 5.41 Å². The SMILES string of the molecule is [C-]#[N+]c1cc(C#N)cc2c1-c1ccc(-c3cc(-c4ccccn4)cc(-c4cc(-c5ccc(-c6ccccc6)cc5)nc(-c5ccccc5)n4)c3)cc1C2(C)C. The minimum absolute atomic E-state index is 0.406. The lowest BCUT2D eigenvalue weighted by atomic mass is 9.81. The maximum absolute atomic E-state index is 9.76. The Morgan fingerprint density at radius 2 is 1.13 bits per heavy atom. The largest absolute Gasteiger partial charge is 0.256 e. The number of fused-ring (bicyclic) bond motifs is 3. The third-order valence-corrected chi connectivity index (χ3v) is 10.6. The second-order valence-corrected chi connectivity index (χ2v) is 14.3. The van der Waals surface area contributed by atoms with Gasteiger partial charge in [-0.15, -0.1) is 0 Å². The molecule has 8 aromatic rings. The van der Waals surface area contributed by atoms with Crippen molar-refractivity contribution in [1.29, 1.82) is 5.26 Å². The van der Waals surface area contributed by atoms with Crippen LogP contribution in [0.2, 0.25) is 0 Å². The van der Waals surface area contributed by atoms with Crippen LogP contribution in [0.15, 0.2) is 164 Å². The summed E-state index contributed by atoms with van der Waals surface area (Å²) in [5, 5.41) is 9.76. The first-order valence-electron chi connectivity index (χ1n) is 18.2. The van der Waals surface area contributed by atoms with Gasteiger partial charge in [-0.1, -0.05) is 117 Å². The molecule has 0 atom stereocenters. The molecule has 0 spiro atoms. The molecular weight excluding hydrogens is 671 g/mol. The Balaban J connectivity index is 1.21. The van der Waals surface area contributed by atoms with Crippen molar-refractivity contribution in [3.05, 3.63) is 192 Å². The quantitative estimate of drug-likeness (QED) is 0.162. The third kappa shape index (κ3) is 6.05. The molecule has 0 amide bonds. The number of benzene rings is 6. The first-order valence-corrected chi connectivity index (χ1v) is 18.2. The molecule has 0 unspecified atom stereocenters. The molecule has 6 aromatic carbocycles. The zero-order valence-electron chi connectivity index (χ0n) is 30.3. The number of pyridine rings is 1. The van der Waals surface area contributed by atoms with Gasteiger partial charge in [0.2, 0.25) is 0 Å². The van der Waals surface area contributed by atoms with Crippen LogP contribution in [0.5, 0.6) is 0 Å². The van der Waals surface area contributed by atoms with Gasteiger partial charge >= 0.3 is 0 Å². The highest BCUT2D eigenvalue weighted by Gasteiger charge is 2.37. The van der Waals surface area contributed by atoms with Crippen molar-refractivity contribution in [2.75, 3.05) is 0 Å². The smallest absolute Gasteiger partial charge is 0.196 e. The molecule has 0 saturated carbocycles.